The highest BCUT2D eigenvalue weighted by Crippen LogP contribution is 2.26. The first-order valence-electron chi connectivity index (χ1n) is 9.23. The predicted molar refractivity (Wildman–Crippen MR) is 105 cm³/mol. The number of carbonyl (C=O) groups excluding carboxylic acids is 1. The second-order valence-electron chi connectivity index (χ2n) is 6.68. The summed E-state index contributed by atoms with van der Waals surface area (Å²) in [7, 11) is 1.59. The van der Waals surface area contributed by atoms with Gasteiger partial charge in [0.15, 0.2) is 16.3 Å². The van der Waals surface area contributed by atoms with E-state index in [2.05, 4.69) is 16.9 Å². The molecule has 0 saturated heterocycles. The normalized spacial score (nSPS) is 12.6. The number of nitrogens with zero attached hydrogens (tertiary/aromatic N) is 3. The van der Waals surface area contributed by atoms with Crippen LogP contribution in [0.3, 0.4) is 0 Å². The van der Waals surface area contributed by atoms with E-state index in [-0.39, 0.29) is 11.0 Å². The van der Waals surface area contributed by atoms with Crippen molar-refractivity contribution in [2.24, 2.45) is 7.05 Å². The van der Waals surface area contributed by atoms with Crippen LogP contribution in [0.15, 0.2) is 14.7 Å². The third-order valence-electron chi connectivity index (χ3n) is 4.56. The van der Waals surface area contributed by atoms with Gasteiger partial charge >= 0.3 is 5.69 Å². The monoisotopic (exact) mass is 380 g/mol. The number of unbranched alkanes of at least 4 members (excludes halogenated alkanes) is 5. The second kappa shape index (κ2) is 9.21. The van der Waals surface area contributed by atoms with Crippen molar-refractivity contribution in [3.05, 3.63) is 20.8 Å². The number of aromatic nitrogens is 4. The van der Waals surface area contributed by atoms with Crippen LogP contribution in [0.25, 0.3) is 11.2 Å². The summed E-state index contributed by atoms with van der Waals surface area (Å²) in [6.07, 6.45) is 6.85. The number of imidazole rings is 1. The van der Waals surface area contributed by atoms with Crippen LogP contribution in [0, 0.1) is 0 Å². The van der Waals surface area contributed by atoms with Gasteiger partial charge in [0.25, 0.3) is 5.56 Å². The zero-order chi connectivity index (χ0) is 19.3. The minimum Gasteiger partial charge on any atom is -0.313 e. The lowest BCUT2D eigenvalue weighted by Crippen LogP contribution is -2.29. The first-order valence-corrected chi connectivity index (χ1v) is 10.1. The van der Waals surface area contributed by atoms with Crippen molar-refractivity contribution in [1.82, 2.24) is 19.1 Å². The molecule has 2 rings (SSSR count). The smallest absolute Gasteiger partial charge is 0.313 e. The SMILES string of the molecule is CCCCCCCCn1c(S[C@H](C)C(C)=O)nc2c1c(=O)[nH]c(=O)n2C. The van der Waals surface area contributed by atoms with Crippen molar-refractivity contribution in [3.8, 4) is 0 Å². The van der Waals surface area contributed by atoms with E-state index in [0.717, 1.165) is 12.8 Å². The van der Waals surface area contributed by atoms with Gasteiger partial charge in [-0.25, -0.2) is 9.78 Å². The average molecular weight is 381 g/mol. The molecule has 1 N–H and O–H groups in total. The summed E-state index contributed by atoms with van der Waals surface area (Å²) in [6, 6.07) is 0. The van der Waals surface area contributed by atoms with E-state index in [1.165, 1.54) is 42.0 Å². The number of nitrogens with one attached hydrogen (secondary N) is 1. The van der Waals surface area contributed by atoms with E-state index in [1.54, 1.807) is 14.0 Å². The number of rotatable bonds is 10. The molecule has 0 amide bonds. The van der Waals surface area contributed by atoms with Gasteiger partial charge < -0.3 is 4.57 Å². The molecule has 144 valence electrons. The molecule has 0 aromatic carbocycles. The topological polar surface area (TPSA) is 89.8 Å². The first-order chi connectivity index (χ1) is 12.4. The largest absolute Gasteiger partial charge is 0.329 e. The molecular weight excluding hydrogens is 352 g/mol. The fraction of sp³-hybridized carbons (Fsp3) is 0.667. The van der Waals surface area contributed by atoms with Gasteiger partial charge in [-0.05, 0) is 20.3 Å². The van der Waals surface area contributed by atoms with Crippen LogP contribution in [-0.2, 0) is 18.4 Å². The maximum absolute atomic E-state index is 12.4. The van der Waals surface area contributed by atoms with Crippen LogP contribution in [0.1, 0.15) is 59.3 Å². The van der Waals surface area contributed by atoms with Crippen LogP contribution in [0.4, 0.5) is 0 Å². The van der Waals surface area contributed by atoms with Crippen molar-refractivity contribution in [3.63, 3.8) is 0 Å². The molecule has 1 atom stereocenters. The van der Waals surface area contributed by atoms with E-state index < -0.39 is 11.2 Å². The Balaban J connectivity index is 2.34. The van der Waals surface area contributed by atoms with Crippen LogP contribution in [-0.4, -0.2) is 30.1 Å². The maximum Gasteiger partial charge on any atom is 0.329 e. The van der Waals surface area contributed by atoms with Crippen molar-refractivity contribution >= 4 is 28.7 Å². The molecule has 0 bridgehead atoms. The Hall–Kier alpha value is -1.83. The van der Waals surface area contributed by atoms with Gasteiger partial charge in [0.1, 0.15) is 5.78 Å². The highest BCUT2D eigenvalue weighted by atomic mass is 32.2. The van der Waals surface area contributed by atoms with E-state index in [9.17, 15) is 14.4 Å². The van der Waals surface area contributed by atoms with Gasteiger partial charge in [0.05, 0.1) is 5.25 Å². The lowest BCUT2D eigenvalue weighted by molar-refractivity contribution is -0.116. The third kappa shape index (κ3) is 4.66. The van der Waals surface area contributed by atoms with E-state index in [4.69, 9.17) is 0 Å². The molecule has 2 heterocycles. The summed E-state index contributed by atoms with van der Waals surface area (Å²) in [4.78, 5) is 42.7. The van der Waals surface area contributed by atoms with Crippen LogP contribution in [0.2, 0.25) is 0 Å². The number of H-pyrrole nitrogens is 1. The number of hydrogen-bond donors (Lipinski definition) is 1. The molecule has 2 aromatic heterocycles. The Bertz CT molecular complexity index is 881. The average Bonchev–Trinajstić information content (AvgIpc) is 2.94. The van der Waals surface area contributed by atoms with E-state index in [1.807, 2.05) is 11.5 Å². The summed E-state index contributed by atoms with van der Waals surface area (Å²) >= 11 is 1.33. The number of fused-ring (bicyclic) bond motifs is 1. The zero-order valence-electron chi connectivity index (χ0n) is 16.0. The molecule has 0 saturated carbocycles. The number of carbonyl (C=O) groups is 1. The fourth-order valence-corrected chi connectivity index (χ4v) is 3.73. The minimum atomic E-state index is -0.483. The Kier molecular flexibility index (Phi) is 7.25. The van der Waals surface area contributed by atoms with Crippen molar-refractivity contribution in [2.45, 2.75) is 76.2 Å². The molecule has 0 aliphatic heterocycles. The lowest BCUT2D eigenvalue weighted by Gasteiger charge is -2.10. The highest BCUT2D eigenvalue weighted by molar-refractivity contribution is 8.00. The Labute approximate surface area is 157 Å². The van der Waals surface area contributed by atoms with Gasteiger partial charge in [-0.15, -0.1) is 0 Å². The maximum atomic E-state index is 12.4. The van der Waals surface area contributed by atoms with Crippen LogP contribution in [0.5, 0.6) is 0 Å². The second-order valence-corrected chi connectivity index (χ2v) is 7.98. The number of ketones is 1. The molecule has 0 fully saturated rings. The molecule has 0 aliphatic rings. The summed E-state index contributed by atoms with van der Waals surface area (Å²) in [5.74, 6) is 0.0518. The van der Waals surface area contributed by atoms with Gasteiger partial charge in [-0.2, -0.15) is 0 Å². The standard InChI is InChI=1S/C18H28N4O3S/c1-5-6-7-8-9-10-11-22-14-15(21(4)17(25)20-16(14)24)19-18(22)26-13(3)12(2)23/h13H,5-11H2,1-4H3,(H,20,24,25)/t13-/m1/s1. The van der Waals surface area contributed by atoms with E-state index in [0.29, 0.717) is 22.9 Å². The quantitative estimate of drug-likeness (QED) is 0.506. The fourth-order valence-electron chi connectivity index (χ4n) is 2.80. The van der Waals surface area contributed by atoms with Crippen molar-refractivity contribution in [2.75, 3.05) is 0 Å². The van der Waals surface area contributed by atoms with Crippen molar-refractivity contribution in [1.29, 1.82) is 0 Å². The van der Waals surface area contributed by atoms with Crippen LogP contribution >= 0.6 is 11.8 Å². The lowest BCUT2D eigenvalue weighted by atomic mass is 10.1. The molecule has 0 spiro atoms. The van der Waals surface area contributed by atoms with Gasteiger partial charge in [0.2, 0.25) is 0 Å². The summed E-state index contributed by atoms with van der Waals surface area (Å²) in [5, 5.41) is 0.356. The van der Waals surface area contributed by atoms with Gasteiger partial charge in [-0.3, -0.25) is 19.1 Å². The van der Waals surface area contributed by atoms with Crippen molar-refractivity contribution < 1.29 is 4.79 Å². The Morgan fingerprint density at radius 1 is 1.19 bits per heavy atom. The molecule has 0 unspecified atom stereocenters. The number of hydrogen-bond acceptors (Lipinski definition) is 5. The Morgan fingerprint density at radius 2 is 1.85 bits per heavy atom. The molecule has 0 radical (unpaired) electrons. The summed E-state index contributed by atoms with van der Waals surface area (Å²) in [6.45, 7) is 6.20. The number of aromatic amines is 1. The first kappa shape index (κ1) is 20.5. The summed E-state index contributed by atoms with van der Waals surface area (Å²) in [5.41, 5.74) is -0.145. The molecule has 0 aliphatic carbocycles. The molecular formula is C18H28N4O3S. The molecule has 8 heteroatoms. The summed E-state index contributed by atoms with van der Waals surface area (Å²) < 4.78 is 3.20. The minimum absolute atomic E-state index is 0.0518. The highest BCUT2D eigenvalue weighted by Gasteiger charge is 2.20. The molecule has 7 nitrogen and oxygen atoms in total. The third-order valence-corrected chi connectivity index (χ3v) is 5.77. The predicted octanol–water partition coefficient (Wildman–Crippen LogP) is 2.85. The molecule has 2 aromatic rings. The zero-order valence-corrected chi connectivity index (χ0v) is 16.8. The number of thioether (sulfide) groups is 1. The van der Waals surface area contributed by atoms with Gasteiger partial charge in [-0.1, -0.05) is 50.8 Å². The molecule has 26 heavy (non-hydrogen) atoms. The Morgan fingerprint density at radius 3 is 2.50 bits per heavy atom. The van der Waals surface area contributed by atoms with E-state index >= 15 is 0 Å². The van der Waals surface area contributed by atoms with Crippen LogP contribution < -0.4 is 11.2 Å². The number of Topliss-reactive ketones (excluding diaryl/α,β-unsaturated/α-hetero) is 1. The van der Waals surface area contributed by atoms with Gasteiger partial charge in [0, 0.05) is 13.6 Å². The number of aryl methyl sites for hydroxylation is 2.